The molecule has 0 saturated heterocycles. The second kappa shape index (κ2) is 9.38. The van der Waals surface area contributed by atoms with Crippen LogP contribution in [0.25, 0.3) is 0 Å². The fraction of sp³-hybridized carbons (Fsp3) is 0.941. The standard InChI is InChI=1S/C17H34N2O/c1-5-8-14-9-11-16(12-10-14)18-13(4)17(20)19-15(6-2)7-3/h13-16,18H,5-12H2,1-4H3,(H,19,20). The van der Waals surface area contributed by atoms with Gasteiger partial charge < -0.3 is 10.6 Å². The molecule has 1 aliphatic carbocycles. The van der Waals surface area contributed by atoms with Crippen molar-refractivity contribution in [2.45, 2.75) is 97.2 Å². The van der Waals surface area contributed by atoms with Crippen molar-refractivity contribution < 1.29 is 4.79 Å². The van der Waals surface area contributed by atoms with Gasteiger partial charge in [-0.3, -0.25) is 4.79 Å². The molecule has 3 nitrogen and oxygen atoms in total. The van der Waals surface area contributed by atoms with Crippen LogP contribution in [-0.2, 0) is 4.79 Å². The molecule has 0 heterocycles. The van der Waals surface area contributed by atoms with E-state index in [2.05, 4.69) is 31.4 Å². The quantitative estimate of drug-likeness (QED) is 0.714. The van der Waals surface area contributed by atoms with Gasteiger partial charge >= 0.3 is 0 Å². The molecule has 118 valence electrons. The first kappa shape index (κ1) is 17.5. The normalized spacial score (nSPS) is 24.6. The number of hydrogen-bond donors (Lipinski definition) is 2. The number of amides is 1. The van der Waals surface area contributed by atoms with Crippen LogP contribution in [0, 0.1) is 5.92 Å². The topological polar surface area (TPSA) is 41.1 Å². The molecule has 1 unspecified atom stereocenters. The third kappa shape index (κ3) is 5.82. The molecule has 1 amide bonds. The first-order valence-corrected chi connectivity index (χ1v) is 8.67. The van der Waals surface area contributed by atoms with Gasteiger partial charge in [0.25, 0.3) is 0 Å². The van der Waals surface area contributed by atoms with E-state index in [1.807, 2.05) is 6.92 Å². The van der Waals surface area contributed by atoms with E-state index in [4.69, 9.17) is 0 Å². The molecule has 0 radical (unpaired) electrons. The van der Waals surface area contributed by atoms with Crippen LogP contribution < -0.4 is 10.6 Å². The molecule has 0 aromatic rings. The monoisotopic (exact) mass is 282 g/mol. The minimum atomic E-state index is -0.0664. The summed E-state index contributed by atoms with van der Waals surface area (Å²) in [5, 5.41) is 6.66. The maximum Gasteiger partial charge on any atom is 0.237 e. The molecule has 1 saturated carbocycles. The Kier molecular flexibility index (Phi) is 8.20. The third-order valence-electron chi connectivity index (χ3n) is 4.75. The molecule has 0 aromatic carbocycles. The van der Waals surface area contributed by atoms with Crippen LogP contribution >= 0.6 is 0 Å². The van der Waals surface area contributed by atoms with Crippen molar-refractivity contribution in [3.63, 3.8) is 0 Å². The van der Waals surface area contributed by atoms with Crippen LogP contribution in [0.15, 0.2) is 0 Å². The molecule has 2 N–H and O–H groups in total. The maximum absolute atomic E-state index is 12.1. The molecule has 20 heavy (non-hydrogen) atoms. The average Bonchev–Trinajstić information content (AvgIpc) is 2.46. The predicted octanol–water partition coefficient (Wildman–Crippen LogP) is 3.63. The van der Waals surface area contributed by atoms with Gasteiger partial charge in [-0.15, -0.1) is 0 Å². The number of rotatable bonds is 8. The van der Waals surface area contributed by atoms with Gasteiger partial charge in [0.2, 0.25) is 5.91 Å². The number of hydrogen-bond acceptors (Lipinski definition) is 2. The largest absolute Gasteiger partial charge is 0.352 e. The van der Waals surface area contributed by atoms with Crippen molar-refractivity contribution >= 4 is 5.91 Å². The summed E-state index contributed by atoms with van der Waals surface area (Å²) in [6.07, 6.45) is 9.81. The summed E-state index contributed by atoms with van der Waals surface area (Å²) in [6.45, 7) is 8.52. The van der Waals surface area contributed by atoms with E-state index in [1.54, 1.807) is 0 Å². The molecule has 1 atom stereocenters. The summed E-state index contributed by atoms with van der Waals surface area (Å²) in [4.78, 5) is 12.1. The Morgan fingerprint density at radius 1 is 1.10 bits per heavy atom. The lowest BCUT2D eigenvalue weighted by molar-refractivity contribution is -0.123. The number of nitrogens with one attached hydrogen (secondary N) is 2. The summed E-state index contributed by atoms with van der Waals surface area (Å²) in [7, 11) is 0. The minimum Gasteiger partial charge on any atom is -0.352 e. The van der Waals surface area contributed by atoms with E-state index in [-0.39, 0.29) is 11.9 Å². The van der Waals surface area contributed by atoms with Gasteiger partial charge in [0.1, 0.15) is 0 Å². The van der Waals surface area contributed by atoms with Gasteiger partial charge in [0.15, 0.2) is 0 Å². The van der Waals surface area contributed by atoms with Crippen LogP contribution in [0.2, 0.25) is 0 Å². The van der Waals surface area contributed by atoms with E-state index in [9.17, 15) is 4.79 Å². The second-order valence-electron chi connectivity index (χ2n) is 6.42. The summed E-state index contributed by atoms with van der Waals surface area (Å²) in [5.41, 5.74) is 0. The highest BCUT2D eigenvalue weighted by atomic mass is 16.2. The van der Waals surface area contributed by atoms with Crippen molar-refractivity contribution in [3.05, 3.63) is 0 Å². The zero-order valence-corrected chi connectivity index (χ0v) is 13.9. The summed E-state index contributed by atoms with van der Waals surface area (Å²) < 4.78 is 0. The zero-order valence-electron chi connectivity index (χ0n) is 13.9. The molecule has 0 aromatic heterocycles. The summed E-state index contributed by atoms with van der Waals surface area (Å²) in [6, 6.07) is 0.793. The Balaban J connectivity index is 2.28. The van der Waals surface area contributed by atoms with Crippen molar-refractivity contribution in [3.8, 4) is 0 Å². The Morgan fingerprint density at radius 2 is 1.70 bits per heavy atom. The third-order valence-corrected chi connectivity index (χ3v) is 4.75. The molecule has 0 spiro atoms. The molecular formula is C17H34N2O. The van der Waals surface area contributed by atoms with Crippen LogP contribution in [0.4, 0.5) is 0 Å². The Labute approximate surface area is 125 Å². The van der Waals surface area contributed by atoms with Crippen LogP contribution in [0.1, 0.15) is 79.1 Å². The smallest absolute Gasteiger partial charge is 0.237 e. The highest BCUT2D eigenvalue weighted by Gasteiger charge is 2.24. The van der Waals surface area contributed by atoms with Crippen LogP contribution in [-0.4, -0.2) is 24.0 Å². The molecule has 3 heteroatoms. The minimum absolute atomic E-state index is 0.0664. The number of carbonyl (C=O) groups is 1. The van der Waals surface area contributed by atoms with Gasteiger partial charge in [0, 0.05) is 12.1 Å². The first-order valence-electron chi connectivity index (χ1n) is 8.67. The Hall–Kier alpha value is -0.570. The molecule has 1 rings (SSSR count). The van der Waals surface area contributed by atoms with Crippen LogP contribution in [0.5, 0.6) is 0 Å². The highest BCUT2D eigenvalue weighted by molar-refractivity contribution is 5.81. The van der Waals surface area contributed by atoms with Gasteiger partial charge in [-0.1, -0.05) is 33.6 Å². The Morgan fingerprint density at radius 3 is 2.20 bits per heavy atom. The first-order chi connectivity index (χ1) is 9.60. The fourth-order valence-electron chi connectivity index (χ4n) is 3.27. The SMILES string of the molecule is CCCC1CCC(NC(C)C(=O)NC(CC)CC)CC1. The van der Waals surface area contributed by atoms with E-state index in [0.29, 0.717) is 12.1 Å². The lowest BCUT2D eigenvalue weighted by atomic mass is 9.83. The second-order valence-corrected chi connectivity index (χ2v) is 6.42. The summed E-state index contributed by atoms with van der Waals surface area (Å²) >= 11 is 0. The maximum atomic E-state index is 12.1. The lowest BCUT2D eigenvalue weighted by Gasteiger charge is -2.31. The molecule has 0 bridgehead atoms. The van der Waals surface area contributed by atoms with Crippen molar-refractivity contribution in [1.82, 2.24) is 10.6 Å². The van der Waals surface area contributed by atoms with E-state index < -0.39 is 0 Å². The molecular weight excluding hydrogens is 248 g/mol. The van der Waals surface area contributed by atoms with Gasteiger partial charge in [-0.2, -0.15) is 0 Å². The van der Waals surface area contributed by atoms with E-state index >= 15 is 0 Å². The van der Waals surface area contributed by atoms with E-state index in [0.717, 1.165) is 18.8 Å². The van der Waals surface area contributed by atoms with Crippen molar-refractivity contribution in [2.24, 2.45) is 5.92 Å². The zero-order chi connectivity index (χ0) is 15.0. The molecule has 0 aliphatic heterocycles. The molecule has 1 fully saturated rings. The Bertz CT molecular complexity index is 268. The lowest BCUT2D eigenvalue weighted by Crippen LogP contribution is -2.49. The fourth-order valence-corrected chi connectivity index (χ4v) is 3.27. The van der Waals surface area contributed by atoms with E-state index in [1.165, 1.54) is 38.5 Å². The van der Waals surface area contributed by atoms with Crippen LogP contribution in [0.3, 0.4) is 0 Å². The highest BCUT2D eigenvalue weighted by Crippen LogP contribution is 2.27. The van der Waals surface area contributed by atoms with Gasteiger partial charge in [-0.25, -0.2) is 0 Å². The number of carbonyl (C=O) groups excluding carboxylic acids is 1. The van der Waals surface area contributed by atoms with Gasteiger partial charge in [0.05, 0.1) is 6.04 Å². The van der Waals surface area contributed by atoms with Crippen molar-refractivity contribution in [1.29, 1.82) is 0 Å². The summed E-state index contributed by atoms with van der Waals surface area (Å²) in [5.74, 6) is 1.08. The predicted molar refractivity (Wildman–Crippen MR) is 85.8 cm³/mol. The van der Waals surface area contributed by atoms with Crippen molar-refractivity contribution in [2.75, 3.05) is 0 Å². The van der Waals surface area contributed by atoms with Gasteiger partial charge in [-0.05, 0) is 51.4 Å². The average molecular weight is 282 g/mol. The molecule has 1 aliphatic rings.